The number of hydrogen-bond donors (Lipinski definition) is 1. The van der Waals surface area contributed by atoms with Crippen LogP contribution < -0.4 is 15.7 Å². The molecule has 33 heavy (non-hydrogen) atoms. The van der Waals surface area contributed by atoms with Gasteiger partial charge in [-0.2, -0.15) is 0 Å². The topological polar surface area (TPSA) is 138 Å². The number of carbonyl (C=O) groups is 2. The number of nitro benzene ring substituents is 1. The fraction of sp³-hybridized carbons (Fsp3) is 0.261. The van der Waals surface area contributed by atoms with Crippen LogP contribution in [0.15, 0.2) is 45.6 Å². The van der Waals surface area contributed by atoms with Crippen LogP contribution in [0.3, 0.4) is 0 Å². The van der Waals surface area contributed by atoms with Crippen LogP contribution in [-0.2, 0) is 20.7 Å². The molecule has 0 unspecified atom stereocenters. The number of non-ortho nitro benzene ring substituents is 1. The number of aryl methyl sites for hydroxylation is 2. The van der Waals surface area contributed by atoms with E-state index < -0.39 is 29.0 Å². The first kappa shape index (κ1) is 23.5. The third-order valence-corrected chi connectivity index (χ3v) is 5.13. The largest absolute Gasteiger partial charge is 0.497 e. The lowest BCUT2D eigenvalue weighted by Gasteiger charge is -2.10. The number of fused-ring (bicyclic) bond motifs is 1. The molecular weight excluding hydrogens is 432 g/mol. The first-order valence-corrected chi connectivity index (χ1v) is 10.0. The Morgan fingerprint density at radius 3 is 2.58 bits per heavy atom. The van der Waals surface area contributed by atoms with Crippen LogP contribution in [0, 0.1) is 24.0 Å². The predicted molar refractivity (Wildman–Crippen MR) is 120 cm³/mol. The number of hydrogen-bond acceptors (Lipinski definition) is 8. The van der Waals surface area contributed by atoms with Crippen LogP contribution in [-0.4, -0.2) is 30.5 Å². The summed E-state index contributed by atoms with van der Waals surface area (Å²) in [5, 5.41) is 14.1. The highest BCUT2D eigenvalue weighted by Crippen LogP contribution is 2.24. The van der Waals surface area contributed by atoms with E-state index in [1.807, 2.05) is 0 Å². The Labute approximate surface area is 188 Å². The molecule has 10 nitrogen and oxygen atoms in total. The summed E-state index contributed by atoms with van der Waals surface area (Å²) in [6, 6.07) is 9.15. The maximum atomic E-state index is 12.4. The van der Waals surface area contributed by atoms with Crippen molar-refractivity contribution in [1.82, 2.24) is 0 Å². The molecule has 0 aliphatic rings. The SMILES string of the molecule is COc1ccc2c(C)c(CCC(=O)OCC(=O)Nc3ccc([N+](=O)[O-])cc3C)c(=O)oc2c1. The summed E-state index contributed by atoms with van der Waals surface area (Å²) in [4.78, 5) is 46.8. The average Bonchev–Trinajstić information content (AvgIpc) is 2.78. The summed E-state index contributed by atoms with van der Waals surface area (Å²) in [5.41, 5.74) is 1.68. The van der Waals surface area contributed by atoms with E-state index in [0.29, 0.717) is 33.7 Å². The molecule has 3 aromatic rings. The van der Waals surface area contributed by atoms with Gasteiger partial charge in [0.25, 0.3) is 11.6 Å². The molecule has 0 atom stereocenters. The van der Waals surface area contributed by atoms with Gasteiger partial charge in [-0.1, -0.05) is 0 Å². The van der Waals surface area contributed by atoms with E-state index in [1.165, 1.54) is 25.3 Å². The van der Waals surface area contributed by atoms with Crippen molar-refractivity contribution in [3.63, 3.8) is 0 Å². The standard InChI is InChI=1S/C23H22N2O8/c1-13-10-15(25(29)30)4-8-19(13)24-21(26)12-32-22(27)9-7-18-14(2)17-6-5-16(31-3)11-20(17)33-23(18)28/h4-6,8,10-11H,7,9,12H2,1-3H3,(H,24,26). The molecule has 1 aromatic heterocycles. The molecule has 0 radical (unpaired) electrons. The minimum atomic E-state index is -0.654. The molecule has 0 aliphatic carbocycles. The molecule has 3 rings (SSSR count). The van der Waals surface area contributed by atoms with Crippen LogP contribution in [0.25, 0.3) is 11.0 Å². The Morgan fingerprint density at radius 1 is 1.15 bits per heavy atom. The third kappa shape index (κ3) is 5.53. The summed E-state index contributed by atoms with van der Waals surface area (Å²) in [5.74, 6) is -0.682. The second-order valence-corrected chi connectivity index (χ2v) is 7.32. The van der Waals surface area contributed by atoms with Crippen molar-refractivity contribution in [3.05, 3.63) is 73.6 Å². The summed E-state index contributed by atoms with van der Waals surface area (Å²) in [7, 11) is 1.51. The number of rotatable bonds is 8. The van der Waals surface area contributed by atoms with Crippen molar-refractivity contribution >= 4 is 34.2 Å². The maximum Gasteiger partial charge on any atom is 0.339 e. The maximum absolute atomic E-state index is 12.4. The van der Waals surface area contributed by atoms with E-state index in [4.69, 9.17) is 13.9 Å². The lowest BCUT2D eigenvalue weighted by atomic mass is 10.0. The molecule has 1 heterocycles. The molecule has 0 fully saturated rings. The third-order valence-electron chi connectivity index (χ3n) is 5.13. The van der Waals surface area contributed by atoms with Gasteiger partial charge in [-0.05, 0) is 49.6 Å². The molecule has 0 bridgehead atoms. The Balaban J connectivity index is 1.57. The van der Waals surface area contributed by atoms with E-state index in [9.17, 15) is 24.5 Å². The molecule has 0 saturated carbocycles. The number of methoxy groups -OCH3 is 1. The zero-order valence-corrected chi connectivity index (χ0v) is 18.3. The van der Waals surface area contributed by atoms with Gasteiger partial charge in [0.1, 0.15) is 11.3 Å². The van der Waals surface area contributed by atoms with Crippen LogP contribution >= 0.6 is 0 Å². The van der Waals surface area contributed by atoms with Crippen LogP contribution in [0.4, 0.5) is 11.4 Å². The number of ether oxygens (including phenoxy) is 2. The van der Waals surface area contributed by atoms with E-state index in [2.05, 4.69) is 5.32 Å². The second-order valence-electron chi connectivity index (χ2n) is 7.32. The molecular formula is C23H22N2O8. The second kappa shape index (κ2) is 9.94. The zero-order valence-electron chi connectivity index (χ0n) is 18.3. The molecule has 0 saturated heterocycles. The van der Waals surface area contributed by atoms with Crippen LogP contribution in [0.5, 0.6) is 5.75 Å². The van der Waals surface area contributed by atoms with Crippen molar-refractivity contribution in [3.8, 4) is 5.75 Å². The molecule has 10 heteroatoms. The fourth-order valence-corrected chi connectivity index (χ4v) is 3.32. The number of nitro groups is 1. The van der Waals surface area contributed by atoms with Gasteiger partial charge in [0, 0.05) is 41.3 Å². The number of anilines is 1. The monoisotopic (exact) mass is 454 g/mol. The number of benzene rings is 2. The van der Waals surface area contributed by atoms with Gasteiger partial charge in [0.05, 0.1) is 12.0 Å². The van der Waals surface area contributed by atoms with Crippen molar-refractivity contribution in [2.75, 3.05) is 19.0 Å². The molecule has 0 spiro atoms. The fourth-order valence-electron chi connectivity index (χ4n) is 3.32. The van der Waals surface area contributed by atoms with Gasteiger partial charge in [0.15, 0.2) is 6.61 Å². The normalized spacial score (nSPS) is 10.6. The Morgan fingerprint density at radius 2 is 1.91 bits per heavy atom. The lowest BCUT2D eigenvalue weighted by Crippen LogP contribution is -2.22. The van der Waals surface area contributed by atoms with Gasteiger partial charge in [0.2, 0.25) is 0 Å². The van der Waals surface area contributed by atoms with E-state index >= 15 is 0 Å². The van der Waals surface area contributed by atoms with Crippen molar-refractivity contribution in [2.45, 2.75) is 26.7 Å². The molecule has 2 aromatic carbocycles. The number of carbonyl (C=O) groups excluding carboxylic acids is 2. The highest BCUT2D eigenvalue weighted by Gasteiger charge is 2.16. The Bertz CT molecular complexity index is 1300. The van der Waals surface area contributed by atoms with Crippen LogP contribution in [0.1, 0.15) is 23.1 Å². The smallest absolute Gasteiger partial charge is 0.339 e. The summed E-state index contributed by atoms with van der Waals surface area (Å²) in [6.45, 7) is 2.86. The number of amides is 1. The molecule has 1 amide bonds. The van der Waals surface area contributed by atoms with E-state index in [0.717, 1.165) is 5.39 Å². The average molecular weight is 454 g/mol. The van der Waals surface area contributed by atoms with Crippen molar-refractivity contribution < 1.29 is 28.4 Å². The van der Waals surface area contributed by atoms with Crippen molar-refractivity contribution in [2.24, 2.45) is 0 Å². The Hall–Kier alpha value is -4.21. The number of esters is 1. The summed E-state index contributed by atoms with van der Waals surface area (Å²) < 4.78 is 15.5. The molecule has 0 aliphatic heterocycles. The first-order chi connectivity index (χ1) is 15.7. The van der Waals surface area contributed by atoms with Gasteiger partial charge < -0.3 is 19.2 Å². The van der Waals surface area contributed by atoms with Crippen molar-refractivity contribution in [1.29, 1.82) is 0 Å². The highest BCUT2D eigenvalue weighted by atomic mass is 16.6. The van der Waals surface area contributed by atoms with Gasteiger partial charge >= 0.3 is 11.6 Å². The molecule has 1 N–H and O–H groups in total. The summed E-state index contributed by atoms with van der Waals surface area (Å²) >= 11 is 0. The number of nitrogens with one attached hydrogen (secondary N) is 1. The Kier molecular flexibility index (Phi) is 7.07. The minimum Gasteiger partial charge on any atom is -0.497 e. The van der Waals surface area contributed by atoms with Crippen LogP contribution in [0.2, 0.25) is 0 Å². The predicted octanol–water partition coefficient (Wildman–Crippen LogP) is 3.44. The van der Waals surface area contributed by atoms with Gasteiger partial charge in [-0.3, -0.25) is 19.7 Å². The highest BCUT2D eigenvalue weighted by molar-refractivity contribution is 5.93. The zero-order chi connectivity index (χ0) is 24.1. The quantitative estimate of drug-likeness (QED) is 0.236. The number of nitrogens with zero attached hydrogens (tertiary/aromatic N) is 1. The first-order valence-electron chi connectivity index (χ1n) is 10.0. The van der Waals surface area contributed by atoms with Gasteiger partial charge in [-0.15, -0.1) is 0 Å². The van der Waals surface area contributed by atoms with Gasteiger partial charge in [-0.25, -0.2) is 4.79 Å². The van der Waals surface area contributed by atoms with E-state index in [1.54, 1.807) is 32.0 Å². The minimum absolute atomic E-state index is 0.0930. The lowest BCUT2D eigenvalue weighted by molar-refractivity contribution is -0.384. The summed E-state index contributed by atoms with van der Waals surface area (Å²) in [6.07, 6.45) is -0.0187. The van der Waals surface area contributed by atoms with E-state index in [-0.39, 0.29) is 18.5 Å². The molecule has 172 valence electrons.